The minimum Gasteiger partial charge on any atom is -0.324 e. The molecule has 1 aliphatic rings. The van der Waals surface area contributed by atoms with Crippen molar-refractivity contribution in [2.75, 3.05) is 10.6 Å². The van der Waals surface area contributed by atoms with Gasteiger partial charge in [-0.3, -0.25) is 20.2 Å². The Morgan fingerprint density at radius 1 is 1.06 bits per heavy atom. The average molecular weight is 509 g/mol. The molecule has 0 fully saturated rings. The fraction of sp³-hybridized carbons (Fsp3) is 0.0417. The number of hydrogen-bond acceptors (Lipinski definition) is 6. The number of nitro benzene ring substituents is 1. The lowest BCUT2D eigenvalue weighted by molar-refractivity contribution is -0.384. The fourth-order valence-electron chi connectivity index (χ4n) is 3.66. The summed E-state index contributed by atoms with van der Waals surface area (Å²) in [4.78, 5) is 27.6. The van der Waals surface area contributed by atoms with E-state index < -0.39 is 10.8 Å². The highest BCUT2D eigenvalue weighted by atomic mass is 35.5. The van der Waals surface area contributed by atoms with Gasteiger partial charge >= 0.3 is 0 Å². The number of carbonyl (C=O) groups is 1. The van der Waals surface area contributed by atoms with E-state index >= 15 is 0 Å². The second-order valence-corrected chi connectivity index (χ2v) is 7.97. The maximum atomic E-state index is 12.7. The largest absolute Gasteiger partial charge is 0.324 e. The van der Waals surface area contributed by atoms with Gasteiger partial charge in [-0.15, -0.1) is 17.5 Å². The topological polar surface area (TPSA) is 115 Å². The van der Waals surface area contributed by atoms with Gasteiger partial charge in [0.2, 0.25) is 5.95 Å². The maximum Gasteiger partial charge on any atom is 0.270 e. The zero-order chi connectivity index (χ0) is 23.7. The zero-order valence-electron chi connectivity index (χ0n) is 18.0. The van der Waals surface area contributed by atoms with Gasteiger partial charge in [-0.25, -0.2) is 4.68 Å². The number of nitro groups is 1. The second kappa shape index (κ2) is 9.96. The van der Waals surface area contributed by atoms with Crippen molar-refractivity contribution in [3.63, 3.8) is 0 Å². The van der Waals surface area contributed by atoms with Crippen LogP contribution in [-0.4, -0.2) is 25.6 Å². The highest BCUT2D eigenvalue weighted by molar-refractivity contribution is 6.30. The Balaban J connectivity index is 0.00000289. The highest BCUT2D eigenvalue weighted by Crippen LogP contribution is 2.33. The third kappa shape index (κ3) is 5.01. The van der Waals surface area contributed by atoms with Crippen LogP contribution in [-0.2, 0) is 0 Å². The molecule has 1 unspecified atom stereocenters. The van der Waals surface area contributed by atoms with Crippen molar-refractivity contribution in [1.82, 2.24) is 14.8 Å². The summed E-state index contributed by atoms with van der Waals surface area (Å²) in [6.45, 7) is 0. The van der Waals surface area contributed by atoms with E-state index in [4.69, 9.17) is 11.6 Å². The number of carbonyl (C=O) groups excluding carboxylic acids is 1. The van der Waals surface area contributed by atoms with Crippen LogP contribution in [0.5, 0.6) is 0 Å². The van der Waals surface area contributed by atoms with Crippen LogP contribution in [0, 0.1) is 10.1 Å². The lowest BCUT2D eigenvalue weighted by Crippen LogP contribution is -2.20. The van der Waals surface area contributed by atoms with Gasteiger partial charge in [-0.1, -0.05) is 60.1 Å². The van der Waals surface area contributed by atoms with Gasteiger partial charge in [0.15, 0.2) is 0 Å². The number of aromatic nitrogens is 3. The van der Waals surface area contributed by atoms with Gasteiger partial charge in [-0.05, 0) is 35.4 Å². The Kier molecular flexibility index (Phi) is 6.81. The lowest BCUT2D eigenvalue weighted by atomic mass is 10.0. The van der Waals surface area contributed by atoms with E-state index in [1.54, 1.807) is 16.8 Å². The molecular formula is C24H18Cl2N6O3. The van der Waals surface area contributed by atoms with E-state index in [0.29, 0.717) is 11.0 Å². The summed E-state index contributed by atoms with van der Waals surface area (Å²) >= 11 is 6.07. The number of hydrogen-bond donors (Lipinski definition) is 2. The molecule has 0 bridgehead atoms. The summed E-state index contributed by atoms with van der Waals surface area (Å²) in [6, 6.07) is 22.4. The first kappa shape index (κ1) is 23.9. The summed E-state index contributed by atoms with van der Waals surface area (Å²) in [7, 11) is 0. The Bertz CT molecular complexity index is 1420. The first-order chi connectivity index (χ1) is 16.5. The van der Waals surface area contributed by atoms with Gasteiger partial charge < -0.3 is 5.32 Å². The third-order valence-corrected chi connectivity index (χ3v) is 5.56. The van der Waals surface area contributed by atoms with Crippen molar-refractivity contribution >= 4 is 53.2 Å². The van der Waals surface area contributed by atoms with Crippen LogP contribution in [0.2, 0.25) is 5.02 Å². The Morgan fingerprint density at radius 3 is 2.51 bits per heavy atom. The van der Waals surface area contributed by atoms with E-state index in [1.807, 2.05) is 48.5 Å². The molecule has 2 heterocycles. The average Bonchev–Trinajstić information content (AvgIpc) is 3.27. The van der Waals surface area contributed by atoms with Crippen LogP contribution in [0.25, 0.3) is 5.70 Å². The smallest absolute Gasteiger partial charge is 0.270 e. The molecule has 0 aliphatic carbocycles. The molecule has 0 saturated carbocycles. The number of fused-ring (bicyclic) bond motifs is 1. The monoisotopic (exact) mass is 508 g/mol. The van der Waals surface area contributed by atoms with Crippen LogP contribution >= 0.6 is 24.0 Å². The van der Waals surface area contributed by atoms with Crippen molar-refractivity contribution < 1.29 is 9.72 Å². The SMILES string of the molecule is Cl.O=C(Nc1nc2n(n1)C(c1ccc(Cl)cc1)C=C(c1ccccc1)N2)c1cccc([N+](=O)[O-])c1. The Labute approximate surface area is 211 Å². The number of nitrogens with one attached hydrogen (secondary N) is 2. The number of nitrogens with zero attached hydrogens (tertiary/aromatic N) is 4. The lowest BCUT2D eigenvalue weighted by Gasteiger charge is -2.24. The van der Waals surface area contributed by atoms with Gasteiger partial charge in [0.05, 0.1) is 4.92 Å². The maximum absolute atomic E-state index is 12.7. The van der Waals surface area contributed by atoms with Gasteiger partial charge in [0, 0.05) is 28.4 Å². The van der Waals surface area contributed by atoms with Crippen LogP contribution in [0.3, 0.4) is 0 Å². The van der Waals surface area contributed by atoms with E-state index in [-0.39, 0.29) is 35.6 Å². The molecule has 0 spiro atoms. The molecule has 35 heavy (non-hydrogen) atoms. The first-order valence-electron chi connectivity index (χ1n) is 10.3. The van der Waals surface area contributed by atoms with Crippen LogP contribution in [0.4, 0.5) is 17.6 Å². The van der Waals surface area contributed by atoms with E-state index in [9.17, 15) is 14.9 Å². The number of rotatable bonds is 5. The summed E-state index contributed by atoms with van der Waals surface area (Å²) in [6.07, 6.45) is 2.02. The molecule has 176 valence electrons. The molecule has 1 aliphatic heterocycles. The highest BCUT2D eigenvalue weighted by Gasteiger charge is 2.26. The molecule has 4 aromatic rings. The van der Waals surface area contributed by atoms with Crippen molar-refractivity contribution in [3.05, 3.63) is 117 Å². The van der Waals surface area contributed by atoms with Crippen molar-refractivity contribution in [2.45, 2.75) is 6.04 Å². The van der Waals surface area contributed by atoms with Gasteiger partial charge in [0.1, 0.15) is 6.04 Å². The Morgan fingerprint density at radius 2 is 1.80 bits per heavy atom. The van der Waals surface area contributed by atoms with Crippen molar-refractivity contribution in [2.24, 2.45) is 0 Å². The molecule has 0 radical (unpaired) electrons. The first-order valence-corrected chi connectivity index (χ1v) is 10.7. The number of allylic oxidation sites excluding steroid dienone is 1. The van der Waals surface area contributed by atoms with Crippen LogP contribution in [0.1, 0.15) is 27.5 Å². The molecule has 1 aromatic heterocycles. The summed E-state index contributed by atoms with van der Waals surface area (Å²) in [5.41, 5.74) is 2.70. The van der Waals surface area contributed by atoms with Crippen molar-refractivity contribution in [1.29, 1.82) is 0 Å². The molecule has 2 N–H and O–H groups in total. The van der Waals surface area contributed by atoms with Gasteiger partial charge in [-0.2, -0.15) is 4.98 Å². The van der Waals surface area contributed by atoms with E-state index in [0.717, 1.165) is 16.8 Å². The van der Waals surface area contributed by atoms with Crippen LogP contribution in [0.15, 0.2) is 84.9 Å². The van der Waals surface area contributed by atoms with Gasteiger partial charge in [0.25, 0.3) is 17.5 Å². The molecule has 5 rings (SSSR count). The fourth-order valence-corrected chi connectivity index (χ4v) is 3.79. The predicted octanol–water partition coefficient (Wildman–Crippen LogP) is 5.57. The molecule has 11 heteroatoms. The summed E-state index contributed by atoms with van der Waals surface area (Å²) < 4.78 is 1.67. The molecule has 1 amide bonds. The Hall–Kier alpha value is -4.21. The predicted molar refractivity (Wildman–Crippen MR) is 136 cm³/mol. The van der Waals surface area contributed by atoms with E-state index in [1.165, 1.54) is 24.3 Å². The molecule has 0 saturated heterocycles. The summed E-state index contributed by atoms with van der Waals surface area (Å²) in [5, 5.41) is 22.0. The molecule has 1 atom stereocenters. The number of benzene rings is 3. The third-order valence-electron chi connectivity index (χ3n) is 5.31. The molecule has 9 nitrogen and oxygen atoms in total. The number of amides is 1. The van der Waals surface area contributed by atoms with Crippen LogP contribution < -0.4 is 10.6 Å². The zero-order valence-corrected chi connectivity index (χ0v) is 19.5. The number of non-ortho nitro benzene ring substituents is 1. The summed E-state index contributed by atoms with van der Waals surface area (Å²) in [5.74, 6) is -0.0396. The van der Waals surface area contributed by atoms with Crippen molar-refractivity contribution in [3.8, 4) is 0 Å². The molecule has 3 aromatic carbocycles. The number of halogens is 2. The quantitative estimate of drug-likeness (QED) is 0.269. The molecular weight excluding hydrogens is 491 g/mol. The minimum absolute atomic E-state index is 0. The second-order valence-electron chi connectivity index (χ2n) is 7.53. The normalized spacial score (nSPS) is 14.1. The standard InChI is InChI=1S/C24H17ClN6O3.ClH/c25-18-11-9-16(10-12-18)21-14-20(15-5-2-1-3-6-15)26-24-28-23(29-30(21)24)27-22(32)17-7-4-8-19(13-17)31(33)34;/h1-14,21H,(H2,26,27,28,29,32);1H. The van der Waals surface area contributed by atoms with E-state index in [2.05, 4.69) is 20.7 Å². The minimum atomic E-state index is -0.554. The number of anilines is 2.